The van der Waals surface area contributed by atoms with Gasteiger partial charge in [-0.05, 0) is 12.1 Å². The Hall–Kier alpha value is -1.51. The summed E-state index contributed by atoms with van der Waals surface area (Å²) in [7, 11) is 3.99. The molecular formula is C9H11N3. The largest absolute Gasteiger partial charge is 0.317 e. The maximum absolute atomic E-state index is 4.26. The first-order valence-corrected chi connectivity index (χ1v) is 3.89. The SMILES string of the molecule is CN(C)n1cnc2ccccc21. The molecule has 0 aliphatic heterocycles. The second-order valence-electron chi connectivity index (χ2n) is 2.93. The standard InChI is InChI=1S/C9H11N3/c1-11(2)12-7-10-8-5-3-4-6-9(8)12/h3-7H,1-2H3. The summed E-state index contributed by atoms with van der Waals surface area (Å²) in [4.78, 5) is 4.26. The van der Waals surface area contributed by atoms with E-state index in [9.17, 15) is 0 Å². The van der Waals surface area contributed by atoms with E-state index in [0.717, 1.165) is 11.0 Å². The minimum absolute atomic E-state index is 1.03. The zero-order valence-corrected chi connectivity index (χ0v) is 7.23. The van der Waals surface area contributed by atoms with Gasteiger partial charge in [-0.25, -0.2) is 9.66 Å². The molecule has 0 fully saturated rings. The highest BCUT2D eigenvalue weighted by atomic mass is 15.5. The third kappa shape index (κ3) is 0.942. The number of hydrogen-bond acceptors (Lipinski definition) is 2. The van der Waals surface area contributed by atoms with Gasteiger partial charge in [0.15, 0.2) is 0 Å². The monoisotopic (exact) mass is 161 g/mol. The molecule has 0 saturated carbocycles. The third-order valence-electron chi connectivity index (χ3n) is 1.87. The lowest BCUT2D eigenvalue weighted by atomic mass is 10.3. The molecule has 0 spiro atoms. The highest BCUT2D eigenvalue weighted by molar-refractivity contribution is 5.75. The number of rotatable bonds is 1. The van der Waals surface area contributed by atoms with Crippen molar-refractivity contribution in [3.05, 3.63) is 30.6 Å². The lowest BCUT2D eigenvalue weighted by Crippen LogP contribution is -2.23. The van der Waals surface area contributed by atoms with E-state index in [1.807, 2.05) is 48.3 Å². The van der Waals surface area contributed by atoms with E-state index in [4.69, 9.17) is 0 Å². The van der Waals surface area contributed by atoms with Gasteiger partial charge in [-0.15, -0.1) is 0 Å². The van der Waals surface area contributed by atoms with Gasteiger partial charge in [0.25, 0.3) is 0 Å². The van der Waals surface area contributed by atoms with Crippen LogP contribution in [-0.2, 0) is 0 Å². The van der Waals surface area contributed by atoms with Crippen molar-refractivity contribution in [2.45, 2.75) is 0 Å². The molecule has 0 N–H and O–H groups in total. The fourth-order valence-corrected chi connectivity index (χ4v) is 1.26. The van der Waals surface area contributed by atoms with Crippen molar-refractivity contribution in [2.75, 3.05) is 19.1 Å². The predicted molar refractivity (Wildman–Crippen MR) is 49.8 cm³/mol. The Morgan fingerprint density at radius 1 is 1.25 bits per heavy atom. The van der Waals surface area contributed by atoms with Gasteiger partial charge in [0.1, 0.15) is 6.33 Å². The highest BCUT2D eigenvalue weighted by Gasteiger charge is 2.00. The number of hydrogen-bond donors (Lipinski definition) is 0. The van der Waals surface area contributed by atoms with E-state index in [0.29, 0.717) is 0 Å². The van der Waals surface area contributed by atoms with Crippen LogP contribution in [0.25, 0.3) is 11.0 Å². The Morgan fingerprint density at radius 3 is 2.75 bits per heavy atom. The molecule has 0 amide bonds. The average Bonchev–Trinajstić information content (AvgIpc) is 2.47. The molecule has 3 heteroatoms. The number of fused-ring (bicyclic) bond motifs is 1. The topological polar surface area (TPSA) is 21.1 Å². The summed E-state index contributed by atoms with van der Waals surface area (Å²) < 4.78 is 2.01. The first-order chi connectivity index (χ1) is 5.79. The number of para-hydroxylation sites is 2. The number of imidazole rings is 1. The molecule has 0 saturated heterocycles. The van der Waals surface area contributed by atoms with Crippen molar-refractivity contribution in [2.24, 2.45) is 0 Å². The van der Waals surface area contributed by atoms with Gasteiger partial charge in [0.05, 0.1) is 11.0 Å². The molecule has 2 aromatic rings. The van der Waals surface area contributed by atoms with E-state index in [1.54, 1.807) is 0 Å². The molecule has 2 rings (SSSR count). The molecule has 0 bridgehead atoms. The molecule has 1 heterocycles. The average molecular weight is 161 g/mol. The molecule has 0 unspecified atom stereocenters. The molecule has 1 aromatic carbocycles. The van der Waals surface area contributed by atoms with E-state index in [2.05, 4.69) is 11.1 Å². The van der Waals surface area contributed by atoms with Crippen molar-refractivity contribution in [3.8, 4) is 0 Å². The maximum atomic E-state index is 4.26. The van der Waals surface area contributed by atoms with Gasteiger partial charge in [0, 0.05) is 14.1 Å². The molecule has 3 nitrogen and oxygen atoms in total. The smallest absolute Gasteiger partial charge is 0.116 e. The van der Waals surface area contributed by atoms with Crippen molar-refractivity contribution >= 4 is 11.0 Å². The Kier molecular flexibility index (Phi) is 1.50. The number of aromatic nitrogens is 2. The van der Waals surface area contributed by atoms with Gasteiger partial charge in [-0.3, -0.25) is 0 Å². The Labute approximate surface area is 71.2 Å². The van der Waals surface area contributed by atoms with Crippen LogP contribution in [0.2, 0.25) is 0 Å². The zero-order valence-electron chi connectivity index (χ0n) is 7.23. The molecule has 62 valence electrons. The summed E-state index contributed by atoms with van der Waals surface area (Å²) in [6.45, 7) is 0. The van der Waals surface area contributed by atoms with Crippen LogP contribution < -0.4 is 5.01 Å². The Bertz CT molecular complexity index is 389. The van der Waals surface area contributed by atoms with E-state index < -0.39 is 0 Å². The Morgan fingerprint density at radius 2 is 2.00 bits per heavy atom. The first-order valence-electron chi connectivity index (χ1n) is 3.89. The van der Waals surface area contributed by atoms with Crippen LogP contribution in [0, 0.1) is 0 Å². The van der Waals surface area contributed by atoms with Crippen LogP contribution >= 0.6 is 0 Å². The molecule has 0 aliphatic carbocycles. The van der Waals surface area contributed by atoms with Gasteiger partial charge in [0.2, 0.25) is 0 Å². The van der Waals surface area contributed by atoms with Crippen LogP contribution in [0.3, 0.4) is 0 Å². The number of benzene rings is 1. The quantitative estimate of drug-likeness (QED) is 0.627. The second kappa shape index (κ2) is 2.52. The lowest BCUT2D eigenvalue weighted by molar-refractivity contribution is 0.753. The maximum Gasteiger partial charge on any atom is 0.116 e. The van der Waals surface area contributed by atoms with Crippen molar-refractivity contribution in [1.29, 1.82) is 0 Å². The molecule has 12 heavy (non-hydrogen) atoms. The summed E-state index contributed by atoms with van der Waals surface area (Å²) in [5.41, 5.74) is 2.17. The minimum Gasteiger partial charge on any atom is -0.317 e. The van der Waals surface area contributed by atoms with Crippen LogP contribution in [0.15, 0.2) is 30.6 Å². The van der Waals surface area contributed by atoms with Gasteiger partial charge in [-0.2, -0.15) is 0 Å². The summed E-state index contributed by atoms with van der Waals surface area (Å²) in [5.74, 6) is 0. The van der Waals surface area contributed by atoms with Crippen LogP contribution in [0.5, 0.6) is 0 Å². The summed E-state index contributed by atoms with van der Waals surface area (Å²) in [6.07, 6.45) is 1.82. The Balaban J connectivity index is 2.70. The van der Waals surface area contributed by atoms with Gasteiger partial charge < -0.3 is 5.01 Å². The highest BCUT2D eigenvalue weighted by Crippen LogP contribution is 2.10. The minimum atomic E-state index is 1.03. The normalized spacial score (nSPS) is 10.5. The van der Waals surface area contributed by atoms with E-state index >= 15 is 0 Å². The van der Waals surface area contributed by atoms with E-state index in [1.165, 1.54) is 0 Å². The summed E-state index contributed by atoms with van der Waals surface area (Å²) in [5, 5.41) is 2.00. The summed E-state index contributed by atoms with van der Waals surface area (Å²) >= 11 is 0. The van der Waals surface area contributed by atoms with Gasteiger partial charge >= 0.3 is 0 Å². The van der Waals surface area contributed by atoms with Crippen LogP contribution in [0.4, 0.5) is 0 Å². The fourth-order valence-electron chi connectivity index (χ4n) is 1.26. The van der Waals surface area contributed by atoms with Crippen LogP contribution in [-0.4, -0.2) is 23.8 Å². The van der Waals surface area contributed by atoms with Crippen molar-refractivity contribution < 1.29 is 0 Å². The van der Waals surface area contributed by atoms with Crippen LogP contribution in [0.1, 0.15) is 0 Å². The molecular weight excluding hydrogens is 150 g/mol. The molecule has 1 aromatic heterocycles. The molecule has 0 radical (unpaired) electrons. The first kappa shape index (κ1) is 7.16. The van der Waals surface area contributed by atoms with E-state index in [-0.39, 0.29) is 0 Å². The zero-order chi connectivity index (χ0) is 8.55. The fraction of sp³-hybridized carbons (Fsp3) is 0.222. The molecule has 0 aliphatic rings. The molecule has 0 atom stereocenters. The second-order valence-corrected chi connectivity index (χ2v) is 2.93. The summed E-state index contributed by atoms with van der Waals surface area (Å²) in [6, 6.07) is 8.08. The lowest BCUT2D eigenvalue weighted by Gasteiger charge is -2.13. The van der Waals surface area contributed by atoms with Crippen molar-refractivity contribution in [1.82, 2.24) is 9.66 Å². The van der Waals surface area contributed by atoms with Crippen molar-refractivity contribution in [3.63, 3.8) is 0 Å². The predicted octanol–water partition coefficient (Wildman–Crippen LogP) is 1.23. The van der Waals surface area contributed by atoms with Gasteiger partial charge in [-0.1, -0.05) is 12.1 Å². The third-order valence-corrected chi connectivity index (χ3v) is 1.87. The number of nitrogens with zero attached hydrogens (tertiary/aromatic N) is 3.